The number of esters is 1. The fourth-order valence-corrected chi connectivity index (χ4v) is 2.01. The number of ether oxygens (including phenoxy) is 2. The summed E-state index contributed by atoms with van der Waals surface area (Å²) in [6.07, 6.45) is 0.0611. The van der Waals surface area contributed by atoms with Gasteiger partial charge in [0.2, 0.25) is 5.76 Å². The summed E-state index contributed by atoms with van der Waals surface area (Å²) in [4.78, 5) is 11.8. The van der Waals surface area contributed by atoms with Crippen LogP contribution < -0.4 is 4.74 Å². The van der Waals surface area contributed by atoms with Crippen molar-refractivity contribution in [2.45, 2.75) is 33.8 Å². The van der Waals surface area contributed by atoms with E-state index in [-0.39, 0.29) is 11.9 Å². The van der Waals surface area contributed by atoms with Crippen LogP contribution in [0.5, 0.6) is 5.75 Å². The molecule has 0 saturated heterocycles. The molecule has 0 aliphatic rings. The van der Waals surface area contributed by atoms with Gasteiger partial charge in [0, 0.05) is 5.56 Å². The third-order valence-corrected chi connectivity index (χ3v) is 2.74. The average Bonchev–Trinajstić information content (AvgIpc) is 2.68. The second-order valence-electron chi connectivity index (χ2n) is 4.57. The first-order chi connectivity index (χ1) is 9.04. The van der Waals surface area contributed by atoms with Crippen molar-refractivity contribution in [1.29, 1.82) is 0 Å². The van der Waals surface area contributed by atoms with E-state index in [1.807, 2.05) is 39.0 Å². The predicted octanol–water partition coefficient (Wildman–Crippen LogP) is 3.71. The predicted molar refractivity (Wildman–Crippen MR) is 72.7 cm³/mol. The molecule has 0 atom stereocenters. The summed E-state index contributed by atoms with van der Waals surface area (Å²) in [7, 11) is 0. The number of hydrogen-bond acceptors (Lipinski definition) is 4. The Kier molecular flexibility index (Phi) is 3.79. The minimum atomic E-state index is -0.438. The molecule has 1 aromatic heterocycles. The van der Waals surface area contributed by atoms with Gasteiger partial charge in [-0.05, 0) is 39.8 Å². The van der Waals surface area contributed by atoms with E-state index in [9.17, 15) is 4.79 Å². The molecule has 0 radical (unpaired) electrons. The summed E-state index contributed by atoms with van der Waals surface area (Å²) < 4.78 is 16.3. The van der Waals surface area contributed by atoms with Gasteiger partial charge in [-0.25, -0.2) is 4.79 Å². The largest absolute Gasteiger partial charge is 0.490 e. The number of carbonyl (C=O) groups excluding carboxylic acids is 1. The van der Waals surface area contributed by atoms with Gasteiger partial charge < -0.3 is 13.9 Å². The van der Waals surface area contributed by atoms with Crippen LogP contribution in [0.25, 0.3) is 11.0 Å². The summed E-state index contributed by atoms with van der Waals surface area (Å²) >= 11 is 0. The van der Waals surface area contributed by atoms with Crippen molar-refractivity contribution in [3.63, 3.8) is 0 Å². The minimum absolute atomic E-state index is 0.0611. The standard InChI is InChI=1S/C15H18O4/c1-5-17-15(16)14-10(4)13-11(18-9(2)3)7-6-8-12(13)19-14/h6-9H,5H2,1-4H3. The minimum Gasteiger partial charge on any atom is -0.490 e. The molecular weight excluding hydrogens is 244 g/mol. The first kappa shape index (κ1) is 13.5. The third-order valence-electron chi connectivity index (χ3n) is 2.74. The number of furan rings is 1. The smallest absolute Gasteiger partial charge is 0.374 e. The van der Waals surface area contributed by atoms with Crippen LogP contribution in [0.15, 0.2) is 22.6 Å². The molecule has 19 heavy (non-hydrogen) atoms. The van der Waals surface area contributed by atoms with E-state index in [0.717, 1.165) is 16.7 Å². The fourth-order valence-electron chi connectivity index (χ4n) is 2.01. The molecule has 1 aromatic carbocycles. The van der Waals surface area contributed by atoms with E-state index in [1.165, 1.54) is 0 Å². The van der Waals surface area contributed by atoms with E-state index in [1.54, 1.807) is 6.92 Å². The monoisotopic (exact) mass is 262 g/mol. The van der Waals surface area contributed by atoms with Crippen LogP contribution in [-0.4, -0.2) is 18.7 Å². The number of rotatable bonds is 4. The SMILES string of the molecule is CCOC(=O)c1oc2cccc(OC(C)C)c2c1C. The Morgan fingerprint density at radius 3 is 2.74 bits per heavy atom. The zero-order valence-corrected chi connectivity index (χ0v) is 11.6. The maximum absolute atomic E-state index is 11.8. The normalized spacial score (nSPS) is 11.0. The molecule has 0 fully saturated rings. The molecule has 0 bridgehead atoms. The quantitative estimate of drug-likeness (QED) is 0.788. The van der Waals surface area contributed by atoms with Crippen LogP contribution in [0.4, 0.5) is 0 Å². The highest BCUT2D eigenvalue weighted by Crippen LogP contribution is 2.33. The lowest BCUT2D eigenvalue weighted by molar-refractivity contribution is 0.0491. The van der Waals surface area contributed by atoms with Crippen molar-refractivity contribution >= 4 is 16.9 Å². The maximum atomic E-state index is 11.8. The summed E-state index contributed by atoms with van der Waals surface area (Å²) in [6.45, 7) is 7.85. The molecule has 1 heterocycles. The molecule has 102 valence electrons. The summed E-state index contributed by atoms with van der Waals surface area (Å²) in [5.74, 6) is 0.535. The van der Waals surface area contributed by atoms with Crippen molar-refractivity contribution in [2.75, 3.05) is 6.61 Å². The second kappa shape index (κ2) is 5.34. The van der Waals surface area contributed by atoms with E-state index in [2.05, 4.69) is 0 Å². The van der Waals surface area contributed by atoms with Gasteiger partial charge in [-0.3, -0.25) is 0 Å². The zero-order valence-electron chi connectivity index (χ0n) is 11.6. The van der Waals surface area contributed by atoms with Gasteiger partial charge in [0.1, 0.15) is 11.3 Å². The summed E-state index contributed by atoms with van der Waals surface area (Å²) in [5.41, 5.74) is 1.39. The van der Waals surface area contributed by atoms with Gasteiger partial charge in [-0.15, -0.1) is 0 Å². The molecule has 2 aromatic rings. The molecule has 0 unspecified atom stereocenters. The molecule has 0 aliphatic carbocycles. The van der Waals surface area contributed by atoms with Crippen LogP contribution in [-0.2, 0) is 4.74 Å². The first-order valence-electron chi connectivity index (χ1n) is 6.40. The highest BCUT2D eigenvalue weighted by Gasteiger charge is 2.21. The van der Waals surface area contributed by atoms with Crippen LogP contribution in [0.2, 0.25) is 0 Å². The van der Waals surface area contributed by atoms with E-state index in [4.69, 9.17) is 13.9 Å². The van der Waals surface area contributed by atoms with E-state index >= 15 is 0 Å². The summed E-state index contributed by atoms with van der Waals surface area (Å²) in [5, 5.41) is 0.833. The maximum Gasteiger partial charge on any atom is 0.374 e. The highest BCUT2D eigenvalue weighted by molar-refractivity contribution is 5.98. The molecule has 0 spiro atoms. The fraction of sp³-hybridized carbons (Fsp3) is 0.400. The van der Waals surface area contributed by atoms with Gasteiger partial charge in [-0.1, -0.05) is 6.07 Å². The number of aryl methyl sites for hydroxylation is 1. The number of benzene rings is 1. The van der Waals surface area contributed by atoms with Gasteiger partial charge in [-0.2, -0.15) is 0 Å². The van der Waals surface area contributed by atoms with Crippen LogP contribution in [0, 0.1) is 6.92 Å². The topological polar surface area (TPSA) is 48.7 Å². The van der Waals surface area contributed by atoms with Crippen molar-refractivity contribution < 1.29 is 18.7 Å². The first-order valence-corrected chi connectivity index (χ1v) is 6.40. The Morgan fingerprint density at radius 2 is 2.11 bits per heavy atom. The third kappa shape index (κ3) is 2.57. The molecule has 4 nitrogen and oxygen atoms in total. The van der Waals surface area contributed by atoms with Crippen molar-refractivity contribution in [3.05, 3.63) is 29.5 Å². The lowest BCUT2D eigenvalue weighted by atomic mass is 10.1. The lowest BCUT2D eigenvalue weighted by Crippen LogP contribution is -2.06. The molecule has 2 rings (SSSR count). The van der Waals surface area contributed by atoms with Crippen molar-refractivity contribution in [3.8, 4) is 5.75 Å². The van der Waals surface area contributed by atoms with Gasteiger partial charge in [0.05, 0.1) is 18.1 Å². The average molecular weight is 262 g/mol. The molecule has 4 heteroatoms. The van der Waals surface area contributed by atoms with Crippen LogP contribution in [0.1, 0.15) is 36.9 Å². The van der Waals surface area contributed by atoms with E-state index in [0.29, 0.717) is 12.2 Å². The Balaban J connectivity index is 2.54. The molecule has 0 amide bonds. The molecule has 0 saturated carbocycles. The van der Waals surface area contributed by atoms with Crippen molar-refractivity contribution in [1.82, 2.24) is 0 Å². The Morgan fingerprint density at radius 1 is 1.37 bits per heavy atom. The second-order valence-corrected chi connectivity index (χ2v) is 4.57. The lowest BCUT2D eigenvalue weighted by Gasteiger charge is -2.10. The van der Waals surface area contributed by atoms with E-state index < -0.39 is 5.97 Å². The van der Waals surface area contributed by atoms with Gasteiger partial charge >= 0.3 is 5.97 Å². The summed E-state index contributed by atoms with van der Waals surface area (Å²) in [6, 6.07) is 5.54. The van der Waals surface area contributed by atoms with Gasteiger partial charge in [0.15, 0.2) is 0 Å². The zero-order chi connectivity index (χ0) is 14.0. The van der Waals surface area contributed by atoms with Crippen LogP contribution >= 0.6 is 0 Å². The Bertz CT molecular complexity index is 595. The molecular formula is C15H18O4. The molecule has 0 aliphatic heterocycles. The molecule has 0 N–H and O–H groups in total. The highest BCUT2D eigenvalue weighted by atomic mass is 16.5. The van der Waals surface area contributed by atoms with Crippen LogP contribution in [0.3, 0.4) is 0 Å². The number of hydrogen-bond donors (Lipinski definition) is 0. The van der Waals surface area contributed by atoms with Gasteiger partial charge in [0.25, 0.3) is 0 Å². The van der Waals surface area contributed by atoms with Crippen molar-refractivity contribution in [2.24, 2.45) is 0 Å². The Hall–Kier alpha value is -1.97. The number of fused-ring (bicyclic) bond motifs is 1. The Labute approximate surface area is 112 Å². The number of carbonyl (C=O) groups is 1.